The predicted octanol–water partition coefficient (Wildman–Crippen LogP) is 1.31. The van der Waals surface area contributed by atoms with Crippen LogP contribution in [0.5, 0.6) is 0 Å². The molecule has 0 radical (unpaired) electrons. The molecule has 2 aromatic heterocycles. The minimum atomic E-state index is -0.549. The van der Waals surface area contributed by atoms with Gasteiger partial charge in [-0.1, -0.05) is 0 Å². The van der Waals surface area contributed by atoms with Gasteiger partial charge in [-0.2, -0.15) is 0 Å². The first-order valence-electron chi connectivity index (χ1n) is 8.41. The van der Waals surface area contributed by atoms with Gasteiger partial charge in [0.25, 0.3) is 5.91 Å². The maximum Gasteiger partial charge on any atom is 0.253 e. The second-order valence-corrected chi connectivity index (χ2v) is 6.51. The minimum absolute atomic E-state index is 0.0485. The number of ether oxygens (including phenoxy) is 2. The van der Waals surface area contributed by atoms with Gasteiger partial charge in [-0.25, -0.2) is 0 Å². The number of aromatic nitrogens is 1. The zero-order valence-electron chi connectivity index (χ0n) is 14.0. The molecule has 0 saturated carbocycles. The molecule has 1 spiro atoms. The van der Waals surface area contributed by atoms with Gasteiger partial charge in [0.15, 0.2) is 0 Å². The first kappa shape index (κ1) is 16.3. The van der Waals surface area contributed by atoms with Crippen LogP contribution in [0.2, 0.25) is 0 Å². The predicted molar refractivity (Wildman–Crippen MR) is 90.1 cm³/mol. The fourth-order valence-electron chi connectivity index (χ4n) is 3.39. The number of nitrogens with zero attached hydrogens (tertiary/aromatic N) is 3. The van der Waals surface area contributed by atoms with E-state index in [2.05, 4.69) is 9.88 Å². The van der Waals surface area contributed by atoms with E-state index in [-0.39, 0.29) is 12.5 Å². The average Bonchev–Trinajstić information content (AvgIpc) is 3.07. The summed E-state index contributed by atoms with van der Waals surface area (Å²) in [6.45, 7) is 3.77. The van der Waals surface area contributed by atoms with Crippen LogP contribution in [0.1, 0.15) is 5.76 Å². The summed E-state index contributed by atoms with van der Waals surface area (Å²) in [5.74, 6) is 0.855. The Morgan fingerprint density at radius 2 is 2.20 bits per heavy atom. The SMILES string of the molecule is O=C1CO[C@]2(COCCN(Cc3ccco3)C2)CN1c1cccnc1. The van der Waals surface area contributed by atoms with E-state index < -0.39 is 5.60 Å². The lowest BCUT2D eigenvalue weighted by atomic mass is 10.0. The molecule has 4 rings (SSSR count). The maximum atomic E-state index is 12.3. The van der Waals surface area contributed by atoms with Gasteiger partial charge in [0, 0.05) is 19.3 Å². The van der Waals surface area contributed by atoms with Crippen LogP contribution in [0.25, 0.3) is 0 Å². The van der Waals surface area contributed by atoms with Crippen LogP contribution in [0.15, 0.2) is 47.3 Å². The van der Waals surface area contributed by atoms with Crippen molar-refractivity contribution in [3.63, 3.8) is 0 Å². The summed E-state index contributed by atoms with van der Waals surface area (Å²) in [6, 6.07) is 7.57. The Morgan fingerprint density at radius 1 is 1.24 bits per heavy atom. The summed E-state index contributed by atoms with van der Waals surface area (Å²) in [7, 11) is 0. The van der Waals surface area contributed by atoms with Crippen molar-refractivity contribution in [3.8, 4) is 0 Å². The zero-order chi connectivity index (χ0) is 17.1. The van der Waals surface area contributed by atoms with Crippen LogP contribution in [-0.4, -0.2) is 60.8 Å². The Hall–Kier alpha value is -2.22. The number of amides is 1. The molecule has 2 aromatic rings. The van der Waals surface area contributed by atoms with Crippen LogP contribution in [0.4, 0.5) is 5.69 Å². The molecule has 1 atom stereocenters. The summed E-state index contributed by atoms with van der Waals surface area (Å²) < 4.78 is 17.3. The summed E-state index contributed by atoms with van der Waals surface area (Å²) in [5.41, 5.74) is 0.240. The molecular formula is C18H21N3O4. The molecule has 132 valence electrons. The minimum Gasteiger partial charge on any atom is -0.468 e. The van der Waals surface area contributed by atoms with Crippen LogP contribution in [0.3, 0.4) is 0 Å². The number of rotatable bonds is 3. The molecule has 0 aromatic carbocycles. The van der Waals surface area contributed by atoms with Crippen molar-refractivity contribution < 1.29 is 18.7 Å². The van der Waals surface area contributed by atoms with Crippen molar-refractivity contribution in [1.29, 1.82) is 0 Å². The van der Waals surface area contributed by atoms with Crippen LogP contribution in [-0.2, 0) is 20.8 Å². The van der Waals surface area contributed by atoms with E-state index in [9.17, 15) is 4.79 Å². The van der Waals surface area contributed by atoms with Gasteiger partial charge in [-0.3, -0.25) is 14.7 Å². The highest BCUT2D eigenvalue weighted by Crippen LogP contribution is 2.27. The lowest BCUT2D eigenvalue weighted by Gasteiger charge is -2.42. The van der Waals surface area contributed by atoms with Gasteiger partial charge in [0.1, 0.15) is 18.0 Å². The number of hydrogen-bond donors (Lipinski definition) is 0. The van der Waals surface area contributed by atoms with Crippen molar-refractivity contribution in [3.05, 3.63) is 48.7 Å². The standard InChI is InChI=1S/C18H21N3O4/c22-17-11-25-18(13-21(17)15-3-1-5-19-9-15)12-20(6-8-23-14-18)10-16-4-2-7-24-16/h1-5,7,9H,6,8,10-14H2/t18-/m0/s1. The number of pyridine rings is 1. The topological polar surface area (TPSA) is 68.0 Å². The van der Waals surface area contributed by atoms with E-state index in [1.807, 2.05) is 24.3 Å². The van der Waals surface area contributed by atoms with Crippen molar-refractivity contribution in [2.45, 2.75) is 12.1 Å². The third-order valence-corrected chi connectivity index (χ3v) is 4.60. The molecule has 2 fully saturated rings. The number of anilines is 1. The molecule has 2 aliphatic rings. The van der Waals surface area contributed by atoms with E-state index in [0.29, 0.717) is 32.8 Å². The molecule has 0 bridgehead atoms. The normalized spacial score (nSPS) is 25.3. The average molecular weight is 343 g/mol. The first-order valence-corrected chi connectivity index (χ1v) is 8.41. The van der Waals surface area contributed by atoms with E-state index in [1.54, 1.807) is 23.6 Å². The number of carbonyl (C=O) groups excluding carboxylic acids is 1. The van der Waals surface area contributed by atoms with Crippen molar-refractivity contribution in [2.75, 3.05) is 44.4 Å². The third-order valence-electron chi connectivity index (χ3n) is 4.60. The summed E-state index contributed by atoms with van der Waals surface area (Å²) in [6.07, 6.45) is 5.08. The van der Waals surface area contributed by atoms with Gasteiger partial charge in [-0.05, 0) is 24.3 Å². The van der Waals surface area contributed by atoms with E-state index in [0.717, 1.165) is 18.0 Å². The number of furan rings is 1. The molecule has 0 unspecified atom stereocenters. The second-order valence-electron chi connectivity index (χ2n) is 6.51. The summed E-state index contributed by atoms with van der Waals surface area (Å²) >= 11 is 0. The molecule has 2 saturated heterocycles. The Morgan fingerprint density at radius 3 is 3.00 bits per heavy atom. The number of hydrogen-bond acceptors (Lipinski definition) is 6. The van der Waals surface area contributed by atoms with E-state index >= 15 is 0 Å². The lowest BCUT2D eigenvalue weighted by molar-refractivity contribution is -0.146. The summed E-state index contributed by atoms with van der Waals surface area (Å²) in [5, 5.41) is 0. The highest BCUT2D eigenvalue weighted by molar-refractivity contribution is 5.95. The van der Waals surface area contributed by atoms with Crippen LogP contribution >= 0.6 is 0 Å². The Balaban J connectivity index is 1.53. The number of morpholine rings is 1. The largest absolute Gasteiger partial charge is 0.468 e. The molecule has 0 aliphatic carbocycles. The molecule has 7 nitrogen and oxygen atoms in total. The van der Waals surface area contributed by atoms with Crippen LogP contribution in [0, 0.1) is 0 Å². The molecule has 2 aliphatic heterocycles. The fraction of sp³-hybridized carbons (Fsp3) is 0.444. The van der Waals surface area contributed by atoms with Crippen molar-refractivity contribution >= 4 is 11.6 Å². The molecule has 4 heterocycles. The Labute approximate surface area is 146 Å². The molecular weight excluding hydrogens is 322 g/mol. The Bertz CT molecular complexity index is 706. The number of carbonyl (C=O) groups is 1. The highest BCUT2D eigenvalue weighted by Gasteiger charge is 2.43. The quantitative estimate of drug-likeness (QED) is 0.837. The van der Waals surface area contributed by atoms with Crippen molar-refractivity contribution in [1.82, 2.24) is 9.88 Å². The monoisotopic (exact) mass is 343 g/mol. The van der Waals surface area contributed by atoms with Crippen LogP contribution < -0.4 is 4.90 Å². The summed E-state index contributed by atoms with van der Waals surface area (Å²) in [4.78, 5) is 20.5. The molecule has 25 heavy (non-hydrogen) atoms. The molecule has 7 heteroatoms. The van der Waals surface area contributed by atoms with Gasteiger partial charge >= 0.3 is 0 Å². The lowest BCUT2D eigenvalue weighted by Crippen LogP contribution is -2.60. The second kappa shape index (κ2) is 6.95. The highest BCUT2D eigenvalue weighted by atomic mass is 16.6. The fourth-order valence-corrected chi connectivity index (χ4v) is 3.39. The maximum absolute atomic E-state index is 12.3. The molecule has 0 N–H and O–H groups in total. The Kier molecular flexibility index (Phi) is 4.52. The zero-order valence-corrected chi connectivity index (χ0v) is 14.0. The smallest absolute Gasteiger partial charge is 0.253 e. The van der Waals surface area contributed by atoms with Crippen molar-refractivity contribution in [2.24, 2.45) is 0 Å². The van der Waals surface area contributed by atoms with Gasteiger partial charge in [0.05, 0.1) is 44.5 Å². The van der Waals surface area contributed by atoms with Gasteiger partial charge in [0.2, 0.25) is 0 Å². The van der Waals surface area contributed by atoms with Gasteiger partial charge in [-0.15, -0.1) is 0 Å². The molecule has 1 amide bonds. The third kappa shape index (κ3) is 3.58. The first-order chi connectivity index (χ1) is 12.2. The van der Waals surface area contributed by atoms with E-state index in [4.69, 9.17) is 13.9 Å². The van der Waals surface area contributed by atoms with Gasteiger partial charge < -0.3 is 18.8 Å². The van der Waals surface area contributed by atoms with E-state index in [1.165, 1.54) is 0 Å².